The van der Waals surface area contributed by atoms with Crippen LogP contribution in [0, 0.1) is 11.3 Å². The van der Waals surface area contributed by atoms with Gasteiger partial charge in [-0.2, -0.15) is 5.26 Å². The van der Waals surface area contributed by atoms with Crippen molar-refractivity contribution in [1.82, 2.24) is 0 Å². The fourth-order valence-corrected chi connectivity index (χ4v) is 7.97. The molecule has 1 aliphatic carbocycles. The molecule has 0 unspecified atom stereocenters. The van der Waals surface area contributed by atoms with Gasteiger partial charge in [0.25, 0.3) is 0 Å². The van der Waals surface area contributed by atoms with Crippen molar-refractivity contribution in [1.29, 1.82) is 5.26 Å². The van der Waals surface area contributed by atoms with Crippen LogP contribution >= 0.6 is 0 Å². The molecule has 0 N–H and O–H groups in total. The van der Waals surface area contributed by atoms with Crippen LogP contribution in [0.3, 0.4) is 0 Å². The molecule has 0 amide bonds. The van der Waals surface area contributed by atoms with Crippen LogP contribution in [0.1, 0.15) is 33.4 Å². The maximum Gasteiger partial charge on any atom is 0.132 e. The summed E-state index contributed by atoms with van der Waals surface area (Å²) in [5, 5.41) is 10.6. The second-order valence-corrected chi connectivity index (χ2v) is 12.7. The second-order valence-electron chi connectivity index (χ2n) is 12.7. The van der Waals surface area contributed by atoms with Gasteiger partial charge in [-0.1, -0.05) is 127 Å². The predicted molar refractivity (Wildman–Crippen MR) is 198 cm³/mol. The number of nitriles is 1. The highest BCUT2D eigenvalue weighted by Gasteiger charge is 2.51. The predicted octanol–water partition coefficient (Wildman–Crippen LogP) is 11.2. The molecule has 0 radical (unpaired) electrons. The lowest BCUT2D eigenvalue weighted by Gasteiger charge is -2.39. The van der Waals surface area contributed by atoms with Crippen molar-refractivity contribution < 1.29 is 4.74 Å². The Hall–Kier alpha value is -6.50. The highest BCUT2D eigenvalue weighted by atomic mass is 16.5. The van der Waals surface area contributed by atoms with E-state index in [4.69, 9.17) is 4.74 Å². The average Bonchev–Trinajstić information content (AvgIpc) is 3.44. The Balaban J connectivity index is 1.36. The summed E-state index contributed by atoms with van der Waals surface area (Å²) in [5.41, 5.74) is 14.2. The number of ether oxygens (including phenoxy) is 1. The Labute approximate surface area is 286 Å². The van der Waals surface area contributed by atoms with E-state index in [1.807, 2.05) is 48.5 Å². The number of hydrogen-bond acceptors (Lipinski definition) is 3. The van der Waals surface area contributed by atoms with Crippen molar-refractivity contribution >= 4 is 6.72 Å². The van der Waals surface area contributed by atoms with Gasteiger partial charge in [-0.05, 0) is 87.1 Å². The Kier molecular flexibility index (Phi) is 6.64. The topological polar surface area (TPSA) is 45.4 Å². The first-order valence-corrected chi connectivity index (χ1v) is 16.5. The van der Waals surface area contributed by atoms with Gasteiger partial charge in [-0.25, -0.2) is 0 Å². The molecule has 0 aromatic heterocycles. The van der Waals surface area contributed by atoms with E-state index in [0.29, 0.717) is 12.1 Å². The number of fused-ring (bicyclic) bond motifs is 9. The molecule has 9 rings (SSSR count). The van der Waals surface area contributed by atoms with E-state index in [2.05, 4.69) is 127 Å². The van der Waals surface area contributed by atoms with Crippen molar-refractivity contribution in [3.8, 4) is 62.1 Å². The van der Waals surface area contributed by atoms with E-state index in [1.165, 1.54) is 22.3 Å². The number of benzene rings is 7. The summed E-state index contributed by atoms with van der Waals surface area (Å²) < 4.78 is 6.58. The van der Waals surface area contributed by atoms with Gasteiger partial charge < -0.3 is 4.74 Å². The van der Waals surface area contributed by atoms with Crippen molar-refractivity contribution in [2.24, 2.45) is 4.99 Å². The maximum absolute atomic E-state index is 10.6. The number of hydrogen-bond donors (Lipinski definition) is 0. The summed E-state index contributed by atoms with van der Waals surface area (Å²) in [6, 6.07) is 57.8. The van der Waals surface area contributed by atoms with Gasteiger partial charge in [0, 0.05) is 22.3 Å². The Morgan fingerprint density at radius 3 is 1.61 bits per heavy atom. The van der Waals surface area contributed by atoms with Gasteiger partial charge in [-0.15, -0.1) is 0 Å². The van der Waals surface area contributed by atoms with E-state index in [9.17, 15) is 5.26 Å². The average molecular weight is 627 g/mol. The minimum absolute atomic E-state index is 0.542. The molecule has 0 atom stereocenters. The molecule has 1 spiro atoms. The lowest BCUT2D eigenvalue weighted by atomic mass is 9.65. The zero-order valence-electron chi connectivity index (χ0n) is 26.7. The molecule has 2 aliphatic rings. The van der Waals surface area contributed by atoms with Crippen LogP contribution in [0.15, 0.2) is 163 Å². The number of aliphatic imine (C=N–C) groups is 1. The van der Waals surface area contributed by atoms with Crippen LogP contribution in [-0.2, 0) is 12.0 Å². The number of para-hydroxylation sites is 2. The third-order valence-corrected chi connectivity index (χ3v) is 10.1. The SMILES string of the molecule is C=NCc1ccc2c(c1)C1(c3ccccc3Oc3ccccc31)c1cc(-c3cc(-c4ccccc4)c(C#N)c(-c4ccccc4)c3)ccc1-2. The first-order valence-electron chi connectivity index (χ1n) is 16.5. The van der Waals surface area contributed by atoms with Crippen LogP contribution < -0.4 is 4.74 Å². The normalized spacial score (nSPS) is 13.0. The fraction of sp³-hybridized carbons (Fsp3) is 0.0435. The minimum atomic E-state index is -0.611. The first kappa shape index (κ1) is 28.7. The standard InChI is InChI=1S/C46H30N2O/c1-48-29-30-20-22-35-36-23-21-33(34-25-37(31-12-4-2-5-13-31)39(28-47)38(26-34)32-14-6-3-7-15-32)27-43(36)46(42(35)24-30)40-16-8-10-18-44(40)49-45-19-11-9-17-41(45)46/h2-27H,1,29H2. The molecule has 7 aromatic rings. The van der Waals surface area contributed by atoms with E-state index in [1.54, 1.807) is 0 Å². The highest BCUT2D eigenvalue weighted by Crippen LogP contribution is 2.62. The molecule has 7 aromatic carbocycles. The number of nitrogens with zero attached hydrogens (tertiary/aromatic N) is 2. The highest BCUT2D eigenvalue weighted by molar-refractivity contribution is 5.92. The molecule has 1 aliphatic heterocycles. The van der Waals surface area contributed by atoms with Gasteiger partial charge in [0.05, 0.1) is 17.5 Å². The first-order chi connectivity index (χ1) is 24.2. The Morgan fingerprint density at radius 1 is 0.510 bits per heavy atom. The van der Waals surface area contributed by atoms with Crippen LogP contribution in [0.25, 0.3) is 44.5 Å². The molecule has 0 saturated heterocycles. The van der Waals surface area contributed by atoms with Gasteiger partial charge in [-0.3, -0.25) is 4.99 Å². The van der Waals surface area contributed by atoms with Crippen LogP contribution in [0.4, 0.5) is 0 Å². The number of rotatable bonds is 5. The third kappa shape index (κ3) is 4.31. The molecule has 0 saturated carbocycles. The zero-order valence-corrected chi connectivity index (χ0v) is 26.7. The van der Waals surface area contributed by atoms with E-state index < -0.39 is 5.41 Å². The van der Waals surface area contributed by atoms with Gasteiger partial charge in [0.1, 0.15) is 17.6 Å². The molecule has 3 heteroatoms. The largest absolute Gasteiger partial charge is 0.457 e. The quantitative estimate of drug-likeness (QED) is 0.178. The van der Waals surface area contributed by atoms with Gasteiger partial charge in [0.15, 0.2) is 0 Å². The monoisotopic (exact) mass is 626 g/mol. The molecule has 49 heavy (non-hydrogen) atoms. The molecular formula is C46H30N2O. The zero-order chi connectivity index (χ0) is 33.0. The van der Waals surface area contributed by atoms with Crippen molar-refractivity contribution in [3.63, 3.8) is 0 Å². The fourth-order valence-electron chi connectivity index (χ4n) is 7.97. The smallest absolute Gasteiger partial charge is 0.132 e. The summed E-state index contributed by atoms with van der Waals surface area (Å²) in [6.45, 7) is 4.33. The molecule has 1 heterocycles. The molecule has 0 bridgehead atoms. The van der Waals surface area contributed by atoms with Crippen LogP contribution in [-0.4, -0.2) is 6.72 Å². The third-order valence-electron chi connectivity index (χ3n) is 10.1. The lowest BCUT2D eigenvalue weighted by Crippen LogP contribution is -2.32. The van der Waals surface area contributed by atoms with E-state index in [0.717, 1.165) is 61.6 Å². The maximum atomic E-state index is 10.6. The summed E-state index contributed by atoms with van der Waals surface area (Å²) in [4.78, 5) is 4.24. The van der Waals surface area contributed by atoms with Crippen molar-refractivity contribution in [2.45, 2.75) is 12.0 Å². The summed E-state index contributed by atoms with van der Waals surface area (Å²) in [7, 11) is 0. The minimum Gasteiger partial charge on any atom is -0.457 e. The second kappa shape index (κ2) is 11.3. The van der Waals surface area contributed by atoms with Crippen molar-refractivity contribution in [2.75, 3.05) is 0 Å². The molecule has 3 nitrogen and oxygen atoms in total. The van der Waals surface area contributed by atoms with Crippen LogP contribution in [0.2, 0.25) is 0 Å². The summed E-state index contributed by atoms with van der Waals surface area (Å²) in [6.07, 6.45) is 0. The van der Waals surface area contributed by atoms with Crippen molar-refractivity contribution in [3.05, 3.63) is 191 Å². The molecular weight excluding hydrogens is 597 g/mol. The lowest BCUT2D eigenvalue weighted by molar-refractivity contribution is 0.436. The van der Waals surface area contributed by atoms with Crippen LogP contribution in [0.5, 0.6) is 11.5 Å². The van der Waals surface area contributed by atoms with E-state index >= 15 is 0 Å². The Bertz CT molecular complexity index is 2370. The summed E-state index contributed by atoms with van der Waals surface area (Å²) in [5.74, 6) is 1.71. The summed E-state index contributed by atoms with van der Waals surface area (Å²) >= 11 is 0. The van der Waals surface area contributed by atoms with E-state index in [-0.39, 0.29) is 0 Å². The van der Waals surface area contributed by atoms with Gasteiger partial charge in [0.2, 0.25) is 0 Å². The molecule has 0 fully saturated rings. The molecule has 230 valence electrons. The van der Waals surface area contributed by atoms with Gasteiger partial charge >= 0.3 is 0 Å². The Morgan fingerprint density at radius 2 is 1.04 bits per heavy atom.